The summed E-state index contributed by atoms with van der Waals surface area (Å²) in [6.07, 6.45) is 3.35. The fraction of sp³-hybridized carbons (Fsp3) is 0.636. The van der Waals surface area contributed by atoms with Gasteiger partial charge in [-0.2, -0.15) is 0 Å². The minimum Gasteiger partial charge on any atom is -0.370 e. The van der Waals surface area contributed by atoms with Crippen LogP contribution in [0.3, 0.4) is 0 Å². The molecule has 4 nitrogen and oxygen atoms in total. The van der Waals surface area contributed by atoms with E-state index in [1.807, 2.05) is 13.8 Å². The number of halogens is 2. The van der Waals surface area contributed by atoms with Gasteiger partial charge in [-0.25, -0.2) is 4.98 Å². The molecule has 2 heterocycles. The van der Waals surface area contributed by atoms with Gasteiger partial charge in [0.25, 0.3) is 5.56 Å². The normalized spacial score (nSPS) is 22.9. The van der Waals surface area contributed by atoms with Crippen molar-refractivity contribution in [3.05, 3.63) is 26.9 Å². The highest BCUT2D eigenvalue weighted by atomic mass is 35.5. The van der Waals surface area contributed by atoms with Crippen LogP contribution in [-0.2, 0) is 11.3 Å². The maximum Gasteiger partial charge on any atom is 0.273 e. The molecule has 0 aliphatic carbocycles. The lowest BCUT2D eigenvalue weighted by atomic mass is 10.1. The number of rotatable bonds is 2. The Morgan fingerprint density at radius 3 is 2.88 bits per heavy atom. The van der Waals surface area contributed by atoms with Gasteiger partial charge in [0.15, 0.2) is 5.15 Å². The van der Waals surface area contributed by atoms with E-state index in [4.69, 9.17) is 27.9 Å². The van der Waals surface area contributed by atoms with Crippen molar-refractivity contribution in [3.63, 3.8) is 0 Å². The Morgan fingerprint density at radius 1 is 1.59 bits per heavy atom. The predicted molar refractivity (Wildman–Crippen MR) is 66.7 cm³/mol. The Kier molecular flexibility index (Phi) is 3.48. The Hall–Kier alpha value is -0.580. The second-order valence-corrected chi connectivity index (χ2v) is 5.58. The van der Waals surface area contributed by atoms with Crippen LogP contribution in [0.15, 0.2) is 11.1 Å². The number of hydrogen-bond donors (Lipinski definition) is 0. The second-order valence-electron chi connectivity index (χ2n) is 4.85. The monoisotopic (exact) mass is 276 g/mol. The quantitative estimate of drug-likeness (QED) is 0.780. The highest BCUT2D eigenvalue weighted by Crippen LogP contribution is 2.29. The Morgan fingerprint density at radius 2 is 2.29 bits per heavy atom. The fourth-order valence-electron chi connectivity index (χ4n) is 2.00. The van der Waals surface area contributed by atoms with Gasteiger partial charge in [-0.15, -0.1) is 0 Å². The van der Waals surface area contributed by atoms with Crippen molar-refractivity contribution in [1.82, 2.24) is 9.55 Å². The molecule has 0 saturated carbocycles. The van der Waals surface area contributed by atoms with Crippen LogP contribution in [0.1, 0.15) is 26.7 Å². The fourth-order valence-corrected chi connectivity index (χ4v) is 2.28. The smallest absolute Gasteiger partial charge is 0.273 e. The van der Waals surface area contributed by atoms with Crippen LogP contribution in [0.4, 0.5) is 0 Å². The van der Waals surface area contributed by atoms with Gasteiger partial charge in [-0.1, -0.05) is 23.2 Å². The summed E-state index contributed by atoms with van der Waals surface area (Å²) in [6, 6.07) is 0. The second kappa shape index (κ2) is 4.59. The van der Waals surface area contributed by atoms with E-state index in [-0.39, 0.29) is 27.4 Å². The molecule has 1 unspecified atom stereocenters. The Labute approximate surface area is 110 Å². The van der Waals surface area contributed by atoms with E-state index in [2.05, 4.69) is 4.98 Å². The zero-order valence-electron chi connectivity index (χ0n) is 9.74. The third kappa shape index (κ3) is 2.81. The topological polar surface area (TPSA) is 44.1 Å². The SMILES string of the molecule is CC1(C)CCC(Cn2cnc(Cl)c(Cl)c2=O)O1. The van der Waals surface area contributed by atoms with Crippen LogP contribution in [0, 0.1) is 0 Å². The van der Waals surface area contributed by atoms with Gasteiger partial charge in [0.1, 0.15) is 5.02 Å². The van der Waals surface area contributed by atoms with E-state index in [1.165, 1.54) is 10.9 Å². The lowest BCUT2D eigenvalue weighted by molar-refractivity contribution is -0.0221. The summed E-state index contributed by atoms with van der Waals surface area (Å²) in [5.74, 6) is 0. The molecule has 1 fully saturated rings. The minimum absolute atomic E-state index is 0.0294. The van der Waals surface area contributed by atoms with Crippen molar-refractivity contribution in [2.24, 2.45) is 0 Å². The van der Waals surface area contributed by atoms with Gasteiger partial charge >= 0.3 is 0 Å². The molecule has 1 aliphatic heterocycles. The molecular formula is C11H14Cl2N2O2. The molecule has 0 aromatic carbocycles. The van der Waals surface area contributed by atoms with Gasteiger partial charge in [0, 0.05) is 0 Å². The molecule has 94 valence electrons. The van der Waals surface area contributed by atoms with Crippen molar-refractivity contribution >= 4 is 23.2 Å². The van der Waals surface area contributed by atoms with E-state index in [0.29, 0.717) is 6.54 Å². The maximum atomic E-state index is 11.8. The van der Waals surface area contributed by atoms with Gasteiger partial charge in [-0.3, -0.25) is 9.36 Å². The number of ether oxygens (including phenoxy) is 1. The van der Waals surface area contributed by atoms with Gasteiger partial charge < -0.3 is 4.74 Å². The molecule has 1 saturated heterocycles. The average Bonchev–Trinajstić information content (AvgIpc) is 2.59. The van der Waals surface area contributed by atoms with E-state index >= 15 is 0 Å². The third-order valence-electron chi connectivity index (χ3n) is 2.89. The number of aromatic nitrogens is 2. The summed E-state index contributed by atoms with van der Waals surface area (Å²) in [5, 5.41) is 0.00649. The van der Waals surface area contributed by atoms with Gasteiger partial charge in [0.2, 0.25) is 0 Å². The van der Waals surface area contributed by atoms with Crippen molar-refractivity contribution < 1.29 is 4.74 Å². The zero-order valence-corrected chi connectivity index (χ0v) is 11.3. The minimum atomic E-state index is -0.319. The number of nitrogens with zero attached hydrogens (tertiary/aromatic N) is 2. The Bertz CT molecular complexity index is 485. The van der Waals surface area contributed by atoms with E-state index in [1.54, 1.807) is 0 Å². The molecule has 0 N–H and O–H groups in total. The molecule has 0 spiro atoms. The molecule has 0 radical (unpaired) electrons. The molecule has 1 aromatic rings. The zero-order chi connectivity index (χ0) is 12.6. The molecule has 0 bridgehead atoms. The molecule has 17 heavy (non-hydrogen) atoms. The molecule has 1 atom stereocenters. The summed E-state index contributed by atoms with van der Waals surface area (Å²) >= 11 is 11.4. The lowest BCUT2D eigenvalue weighted by Gasteiger charge is -2.19. The summed E-state index contributed by atoms with van der Waals surface area (Å²) in [4.78, 5) is 15.6. The highest BCUT2D eigenvalue weighted by molar-refractivity contribution is 6.40. The first kappa shape index (κ1) is 12.9. The van der Waals surface area contributed by atoms with Gasteiger partial charge in [0.05, 0.1) is 24.6 Å². The van der Waals surface area contributed by atoms with Crippen LogP contribution in [0.25, 0.3) is 0 Å². The van der Waals surface area contributed by atoms with Crippen molar-refractivity contribution in [3.8, 4) is 0 Å². The molecule has 6 heteroatoms. The molecule has 1 aromatic heterocycles. The maximum absolute atomic E-state index is 11.8. The highest BCUT2D eigenvalue weighted by Gasteiger charge is 2.31. The molecule has 0 amide bonds. The first-order valence-corrected chi connectivity index (χ1v) is 6.23. The molecule has 2 rings (SSSR count). The van der Waals surface area contributed by atoms with Crippen LogP contribution in [-0.4, -0.2) is 21.3 Å². The molecule has 1 aliphatic rings. The number of hydrogen-bond acceptors (Lipinski definition) is 3. The van der Waals surface area contributed by atoms with Gasteiger partial charge in [-0.05, 0) is 26.7 Å². The summed E-state index contributed by atoms with van der Waals surface area (Å²) < 4.78 is 7.26. The van der Waals surface area contributed by atoms with Crippen LogP contribution in [0.2, 0.25) is 10.2 Å². The third-order valence-corrected chi connectivity index (χ3v) is 3.62. The summed E-state index contributed by atoms with van der Waals surface area (Å²) in [7, 11) is 0. The first-order chi connectivity index (χ1) is 7.89. The van der Waals surface area contributed by atoms with Crippen molar-refractivity contribution in [1.29, 1.82) is 0 Å². The van der Waals surface area contributed by atoms with Crippen LogP contribution in [0.5, 0.6) is 0 Å². The van der Waals surface area contributed by atoms with Crippen LogP contribution < -0.4 is 5.56 Å². The van der Waals surface area contributed by atoms with E-state index in [9.17, 15) is 4.79 Å². The summed E-state index contributed by atoms with van der Waals surface area (Å²) in [5.41, 5.74) is -0.433. The van der Waals surface area contributed by atoms with E-state index in [0.717, 1.165) is 12.8 Å². The lowest BCUT2D eigenvalue weighted by Crippen LogP contribution is -2.29. The average molecular weight is 277 g/mol. The van der Waals surface area contributed by atoms with Crippen LogP contribution >= 0.6 is 23.2 Å². The first-order valence-electron chi connectivity index (χ1n) is 5.47. The largest absolute Gasteiger partial charge is 0.370 e. The van der Waals surface area contributed by atoms with Crippen molar-refractivity contribution in [2.75, 3.05) is 0 Å². The standard InChI is InChI=1S/C11H14Cl2N2O2/c1-11(2)4-3-7(17-11)5-15-6-14-9(13)8(12)10(15)16/h6-7H,3-5H2,1-2H3. The van der Waals surface area contributed by atoms with Crippen molar-refractivity contribution in [2.45, 2.75) is 44.9 Å². The van der Waals surface area contributed by atoms with E-state index < -0.39 is 0 Å². The summed E-state index contributed by atoms with van der Waals surface area (Å²) in [6.45, 7) is 4.55. The Balaban J connectivity index is 2.16. The predicted octanol–water partition coefficient (Wildman–Crippen LogP) is 2.51. The molecular weight excluding hydrogens is 263 g/mol.